The van der Waals surface area contributed by atoms with Gasteiger partial charge in [-0.15, -0.1) is 0 Å². The number of nitrogens with one attached hydrogen (secondary N) is 2. The number of carbonyl (C=O) groups is 3. The zero-order chi connectivity index (χ0) is 20.0. The molecular weight excluding hydrogens is 342 g/mol. The fourth-order valence-electron chi connectivity index (χ4n) is 2.65. The van der Waals surface area contributed by atoms with E-state index in [0.29, 0.717) is 0 Å². The van der Waals surface area contributed by atoms with Crippen LogP contribution in [0.3, 0.4) is 0 Å². The van der Waals surface area contributed by atoms with E-state index < -0.39 is 5.54 Å². The van der Waals surface area contributed by atoms with Gasteiger partial charge in [0.05, 0.1) is 7.11 Å². The van der Waals surface area contributed by atoms with E-state index in [-0.39, 0.29) is 18.9 Å². The molecular formula is C17H27N3O6. The van der Waals surface area contributed by atoms with Crippen molar-refractivity contribution in [1.82, 2.24) is 10.2 Å². The summed E-state index contributed by atoms with van der Waals surface area (Å²) in [6, 6.07) is 7.71. The lowest BCUT2D eigenvalue weighted by atomic mass is 9.86. The standard InChI is InChI=1S/C15H23N3O2.2CH2O2/c1-18(2)14(19)15(7-9-16-10-8-15)17-12-5-4-6-13(11-12)20-3;2*2-1-3/h4-6,11,16-17H,7-10H2,1-3H3;2*1H,(H,2,3). The molecule has 9 heteroatoms. The summed E-state index contributed by atoms with van der Waals surface area (Å²) in [5.41, 5.74) is 0.391. The van der Waals surface area contributed by atoms with Gasteiger partial charge in [0.1, 0.15) is 11.3 Å². The summed E-state index contributed by atoms with van der Waals surface area (Å²) in [6.07, 6.45) is 1.56. The Kier molecular flexibility index (Phi) is 11.2. The summed E-state index contributed by atoms with van der Waals surface area (Å²) in [6.45, 7) is 1.19. The third-order valence-electron chi connectivity index (χ3n) is 3.73. The van der Waals surface area contributed by atoms with Crippen molar-refractivity contribution < 1.29 is 29.3 Å². The molecule has 1 aliphatic rings. The summed E-state index contributed by atoms with van der Waals surface area (Å²) >= 11 is 0. The lowest BCUT2D eigenvalue weighted by Crippen LogP contribution is -2.57. The maximum Gasteiger partial charge on any atom is 0.290 e. The lowest BCUT2D eigenvalue weighted by molar-refractivity contribution is -0.134. The van der Waals surface area contributed by atoms with E-state index in [1.54, 1.807) is 26.1 Å². The van der Waals surface area contributed by atoms with Gasteiger partial charge in [-0.05, 0) is 38.1 Å². The lowest BCUT2D eigenvalue weighted by Gasteiger charge is -2.39. The fourth-order valence-corrected chi connectivity index (χ4v) is 2.65. The predicted octanol–water partition coefficient (Wildman–Crippen LogP) is 0.719. The van der Waals surface area contributed by atoms with E-state index in [1.165, 1.54) is 0 Å². The van der Waals surface area contributed by atoms with Gasteiger partial charge in [0, 0.05) is 25.8 Å². The Morgan fingerprint density at radius 1 is 1.23 bits per heavy atom. The predicted molar refractivity (Wildman–Crippen MR) is 97.5 cm³/mol. The number of nitrogens with zero attached hydrogens (tertiary/aromatic N) is 1. The zero-order valence-corrected chi connectivity index (χ0v) is 15.3. The van der Waals surface area contributed by atoms with Crippen LogP contribution in [0.5, 0.6) is 5.75 Å². The number of ether oxygens (including phenoxy) is 1. The Labute approximate surface area is 152 Å². The van der Waals surface area contributed by atoms with Crippen LogP contribution < -0.4 is 15.4 Å². The van der Waals surface area contributed by atoms with Gasteiger partial charge in [-0.1, -0.05) is 6.07 Å². The number of hydrogen-bond acceptors (Lipinski definition) is 6. The molecule has 1 aromatic rings. The minimum absolute atomic E-state index is 0.127. The molecule has 0 spiro atoms. The molecule has 1 aromatic carbocycles. The molecule has 1 saturated heterocycles. The Morgan fingerprint density at radius 3 is 2.23 bits per heavy atom. The minimum Gasteiger partial charge on any atom is -0.497 e. The van der Waals surface area contributed by atoms with Gasteiger partial charge in [0.25, 0.3) is 12.9 Å². The molecule has 0 radical (unpaired) electrons. The van der Waals surface area contributed by atoms with E-state index in [4.69, 9.17) is 24.5 Å². The Hall–Kier alpha value is -2.81. The van der Waals surface area contributed by atoms with E-state index in [0.717, 1.165) is 37.4 Å². The number of amides is 1. The molecule has 1 fully saturated rings. The van der Waals surface area contributed by atoms with Crippen LogP contribution in [-0.4, -0.2) is 73.8 Å². The molecule has 0 saturated carbocycles. The van der Waals surface area contributed by atoms with E-state index in [9.17, 15) is 4.79 Å². The average molecular weight is 369 g/mol. The summed E-state index contributed by atoms with van der Waals surface area (Å²) in [4.78, 5) is 31.0. The molecule has 1 amide bonds. The highest BCUT2D eigenvalue weighted by molar-refractivity contribution is 5.89. The maximum atomic E-state index is 12.6. The number of anilines is 1. The molecule has 1 heterocycles. The van der Waals surface area contributed by atoms with Crippen LogP contribution in [0.25, 0.3) is 0 Å². The van der Waals surface area contributed by atoms with Crippen molar-refractivity contribution in [1.29, 1.82) is 0 Å². The van der Waals surface area contributed by atoms with Crippen molar-refractivity contribution >= 4 is 24.5 Å². The molecule has 0 aliphatic carbocycles. The second kappa shape index (κ2) is 12.5. The summed E-state index contributed by atoms with van der Waals surface area (Å²) in [5.74, 6) is 0.915. The van der Waals surface area contributed by atoms with Gasteiger partial charge in [0.2, 0.25) is 5.91 Å². The van der Waals surface area contributed by atoms with Gasteiger partial charge in [-0.3, -0.25) is 14.4 Å². The smallest absolute Gasteiger partial charge is 0.290 e. The number of likely N-dealkylation sites (N-methyl/N-ethyl adjacent to an activating group) is 1. The zero-order valence-electron chi connectivity index (χ0n) is 15.3. The number of methoxy groups -OCH3 is 1. The Morgan fingerprint density at radius 2 is 1.77 bits per heavy atom. The second-order valence-electron chi connectivity index (χ2n) is 5.60. The molecule has 146 valence electrons. The van der Waals surface area contributed by atoms with E-state index in [2.05, 4.69) is 10.6 Å². The van der Waals surface area contributed by atoms with Crippen LogP contribution in [-0.2, 0) is 14.4 Å². The second-order valence-corrected chi connectivity index (χ2v) is 5.60. The van der Waals surface area contributed by atoms with Crippen molar-refractivity contribution in [2.75, 3.05) is 39.6 Å². The minimum atomic E-state index is -0.527. The first-order chi connectivity index (χ1) is 12.4. The van der Waals surface area contributed by atoms with Crippen LogP contribution >= 0.6 is 0 Å². The van der Waals surface area contributed by atoms with Crippen LogP contribution in [0.15, 0.2) is 24.3 Å². The van der Waals surface area contributed by atoms with Crippen molar-refractivity contribution in [2.45, 2.75) is 18.4 Å². The van der Waals surface area contributed by atoms with Gasteiger partial charge >= 0.3 is 0 Å². The normalized spacial score (nSPS) is 14.3. The molecule has 26 heavy (non-hydrogen) atoms. The third kappa shape index (κ3) is 7.39. The average Bonchev–Trinajstić information content (AvgIpc) is 2.63. The summed E-state index contributed by atoms with van der Waals surface area (Å²) < 4.78 is 5.24. The highest BCUT2D eigenvalue weighted by Gasteiger charge is 2.40. The molecule has 2 rings (SSSR count). The van der Waals surface area contributed by atoms with Gasteiger partial charge in [0.15, 0.2) is 0 Å². The van der Waals surface area contributed by atoms with E-state index >= 15 is 0 Å². The largest absolute Gasteiger partial charge is 0.497 e. The first kappa shape index (κ1) is 23.2. The number of hydrogen-bond donors (Lipinski definition) is 4. The van der Waals surface area contributed by atoms with E-state index in [1.807, 2.05) is 24.3 Å². The SMILES string of the molecule is COc1cccc(NC2(C(=O)N(C)C)CCNCC2)c1.O=CO.O=CO. The van der Waals surface area contributed by atoms with Crippen LogP contribution in [0.1, 0.15) is 12.8 Å². The maximum absolute atomic E-state index is 12.6. The van der Waals surface area contributed by atoms with Crippen molar-refractivity contribution in [3.05, 3.63) is 24.3 Å². The van der Waals surface area contributed by atoms with Crippen molar-refractivity contribution in [3.8, 4) is 5.75 Å². The highest BCUT2D eigenvalue weighted by Crippen LogP contribution is 2.28. The highest BCUT2D eigenvalue weighted by atomic mass is 16.5. The monoisotopic (exact) mass is 369 g/mol. The topological polar surface area (TPSA) is 128 Å². The summed E-state index contributed by atoms with van der Waals surface area (Å²) in [7, 11) is 5.25. The van der Waals surface area contributed by atoms with Gasteiger partial charge < -0.3 is 30.5 Å². The van der Waals surface area contributed by atoms with Crippen molar-refractivity contribution in [2.24, 2.45) is 0 Å². The van der Waals surface area contributed by atoms with Gasteiger partial charge in [-0.2, -0.15) is 0 Å². The Bertz CT molecular complexity index is 553. The van der Waals surface area contributed by atoms with Crippen LogP contribution in [0, 0.1) is 0 Å². The molecule has 0 aromatic heterocycles. The molecule has 4 N–H and O–H groups in total. The first-order valence-electron chi connectivity index (χ1n) is 7.91. The molecule has 0 bridgehead atoms. The third-order valence-corrected chi connectivity index (χ3v) is 3.73. The molecule has 0 unspecified atom stereocenters. The number of carboxylic acid groups (broad SMARTS) is 2. The van der Waals surface area contributed by atoms with Crippen LogP contribution in [0.4, 0.5) is 5.69 Å². The number of piperidine rings is 1. The molecule has 9 nitrogen and oxygen atoms in total. The summed E-state index contributed by atoms with van der Waals surface area (Å²) in [5, 5.41) is 20.5. The quantitative estimate of drug-likeness (QED) is 0.572. The number of rotatable bonds is 4. The number of benzene rings is 1. The van der Waals surface area contributed by atoms with Crippen LogP contribution in [0.2, 0.25) is 0 Å². The fraction of sp³-hybridized carbons (Fsp3) is 0.471. The Balaban J connectivity index is 0.000000918. The molecule has 0 atom stereocenters. The van der Waals surface area contributed by atoms with Crippen molar-refractivity contribution in [3.63, 3.8) is 0 Å². The first-order valence-corrected chi connectivity index (χ1v) is 7.91. The van der Waals surface area contributed by atoms with Gasteiger partial charge in [-0.25, -0.2) is 0 Å². The number of carbonyl (C=O) groups excluding carboxylic acids is 1. The molecule has 1 aliphatic heterocycles.